The third-order valence-corrected chi connectivity index (χ3v) is 1.71. The second-order valence-corrected chi connectivity index (χ2v) is 2.90. The normalized spacial score (nSPS) is 12.0. The summed E-state index contributed by atoms with van der Waals surface area (Å²) in [6, 6.07) is 3.84. The summed E-state index contributed by atoms with van der Waals surface area (Å²) in [4.78, 5) is 0. The average molecular weight is 165 g/mol. The smallest absolute Gasteiger partial charge is 0.126 e. The highest BCUT2D eigenvalue weighted by Crippen LogP contribution is 2.10. The van der Waals surface area contributed by atoms with Crippen LogP contribution in [-0.4, -0.2) is 6.54 Å². The van der Waals surface area contributed by atoms with E-state index in [0.29, 0.717) is 0 Å². The molecule has 0 atom stereocenters. The van der Waals surface area contributed by atoms with E-state index >= 15 is 0 Å². The SMILES string of the molecule is C/C(=C\c1ccco1)CCCN. The molecule has 0 unspecified atom stereocenters. The molecule has 0 fully saturated rings. The van der Waals surface area contributed by atoms with E-state index in [4.69, 9.17) is 10.2 Å². The summed E-state index contributed by atoms with van der Waals surface area (Å²) < 4.78 is 5.18. The Bertz CT molecular complexity index is 236. The molecule has 2 N–H and O–H groups in total. The van der Waals surface area contributed by atoms with E-state index in [2.05, 4.69) is 13.0 Å². The maximum Gasteiger partial charge on any atom is 0.126 e. The molecular weight excluding hydrogens is 150 g/mol. The predicted molar refractivity (Wildman–Crippen MR) is 50.6 cm³/mol. The van der Waals surface area contributed by atoms with Crippen LogP contribution in [0.25, 0.3) is 6.08 Å². The number of allylic oxidation sites excluding steroid dienone is 1. The van der Waals surface area contributed by atoms with Gasteiger partial charge in [-0.15, -0.1) is 0 Å². The van der Waals surface area contributed by atoms with Crippen LogP contribution in [0.15, 0.2) is 28.4 Å². The molecule has 0 saturated heterocycles. The van der Waals surface area contributed by atoms with Crippen molar-refractivity contribution in [3.05, 3.63) is 29.7 Å². The minimum Gasteiger partial charge on any atom is -0.465 e. The minimum absolute atomic E-state index is 0.753. The Morgan fingerprint density at radius 1 is 1.67 bits per heavy atom. The van der Waals surface area contributed by atoms with Gasteiger partial charge in [-0.05, 0) is 44.5 Å². The van der Waals surface area contributed by atoms with Gasteiger partial charge in [0.25, 0.3) is 0 Å². The first-order valence-electron chi connectivity index (χ1n) is 4.23. The third kappa shape index (κ3) is 2.93. The van der Waals surface area contributed by atoms with Crippen LogP contribution < -0.4 is 5.73 Å². The lowest BCUT2D eigenvalue weighted by atomic mass is 10.1. The van der Waals surface area contributed by atoms with E-state index in [1.165, 1.54) is 5.57 Å². The molecule has 0 aliphatic rings. The first-order valence-corrected chi connectivity index (χ1v) is 4.23. The van der Waals surface area contributed by atoms with Gasteiger partial charge in [0.05, 0.1) is 6.26 Å². The van der Waals surface area contributed by atoms with Crippen LogP contribution in [0.3, 0.4) is 0 Å². The van der Waals surface area contributed by atoms with E-state index in [-0.39, 0.29) is 0 Å². The molecule has 1 heterocycles. The summed E-state index contributed by atoms with van der Waals surface area (Å²) >= 11 is 0. The standard InChI is InChI=1S/C10H15NO/c1-9(4-2-6-11)8-10-5-3-7-12-10/h3,5,7-8H,2,4,6,11H2,1H3/b9-8+. The average Bonchev–Trinajstić information content (AvgIpc) is 2.53. The quantitative estimate of drug-likeness (QED) is 0.744. The van der Waals surface area contributed by atoms with Gasteiger partial charge in [0, 0.05) is 0 Å². The van der Waals surface area contributed by atoms with E-state index in [1.807, 2.05) is 12.1 Å². The number of hydrogen-bond donors (Lipinski definition) is 1. The van der Waals surface area contributed by atoms with Gasteiger partial charge in [-0.2, -0.15) is 0 Å². The monoisotopic (exact) mass is 165 g/mol. The van der Waals surface area contributed by atoms with Gasteiger partial charge in [0.2, 0.25) is 0 Å². The molecule has 1 aromatic rings. The second-order valence-electron chi connectivity index (χ2n) is 2.90. The predicted octanol–water partition coefficient (Wildman–Crippen LogP) is 2.42. The van der Waals surface area contributed by atoms with Crippen molar-refractivity contribution in [3.63, 3.8) is 0 Å². The van der Waals surface area contributed by atoms with Crippen LogP contribution in [0.4, 0.5) is 0 Å². The maximum atomic E-state index is 5.40. The molecule has 2 nitrogen and oxygen atoms in total. The second kappa shape index (κ2) is 4.78. The molecular formula is C10H15NO. The van der Waals surface area contributed by atoms with Crippen molar-refractivity contribution in [2.24, 2.45) is 5.73 Å². The van der Waals surface area contributed by atoms with Crippen LogP contribution in [0.1, 0.15) is 25.5 Å². The van der Waals surface area contributed by atoms with Gasteiger partial charge in [-0.3, -0.25) is 0 Å². The first-order chi connectivity index (χ1) is 5.83. The Hall–Kier alpha value is -1.02. The highest BCUT2D eigenvalue weighted by Gasteiger charge is 1.92. The number of rotatable bonds is 4. The zero-order valence-corrected chi connectivity index (χ0v) is 7.42. The molecule has 0 radical (unpaired) electrons. The Labute approximate surface area is 73.1 Å². The fourth-order valence-electron chi connectivity index (χ4n) is 1.07. The van der Waals surface area contributed by atoms with Crippen LogP contribution in [0.2, 0.25) is 0 Å². The largest absolute Gasteiger partial charge is 0.465 e. The number of nitrogens with two attached hydrogens (primary N) is 1. The molecule has 0 aliphatic carbocycles. The number of hydrogen-bond acceptors (Lipinski definition) is 2. The zero-order chi connectivity index (χ0) is 8.81. The summed E-state index contributed by atoms with van der Waals surface area (Å²) in [5.74, 6) is 0.921. The Balaban J connectivity index is 2.46. The molecule has 0 aliphatic heterocycles. The Morgan fingerprint density at radius 2 is 2.50 bits per heavy atom. The molecule has 0 spiro atoms. The summed E-state index contributed by atoms with van der Waals surface area (Å²) in [5, 5.41) is 0. The summed E-state index contributed by atoms with van der Waals surface area (Å²) in [7, 11) is 0. The molecule has 1 aromatic heterocycles. The highest BCUT2D eigenvalue weighted by atomic mass is 16.3. The Kier molecular flexibility index (Phi) is 3.61. The van der Waals surface area contributed by atoms with Gasteiger partial charge >= 0.3 is 0 Å². The molecule has 2 heteroatoms. The minimum atomic E-state index is 0.753. The molecule has 0 bridgehead atoms. The number of furan rings is 1. The summed E-state index contributed by atoms with van der Waals surface area (Å²) in [6.07, 6.45) is 5.83. The fraction of sp³-hybridized carbons (Fsp3) is 0.400. The fourth-order valence-corrected chi connectivity index (χ4v) is 1.07. The van der Waals surface area contributed by atoms with E-state index in [9.17, 15) is 0 Å². The van der Waals surface area contributed by atoms with Crippen molar-refractivity contribution in [1.29, 1.82) is 0 Å². The van der Waals surface area contributed by atoms with Gasteiger partial charge < -0.3 is 10.2 Å². The topological polar surface area (TPSA) is 39.2 Å². The van der Waals surface area contributed by atoms with Crippen molar-refractivity contribution in [2.45, 2.75) is 19.8 Å². The third-order valence-electron chi connectivity index (χ3n) is 1.71. The molecule has 66 valence electrons. The van der Waals surface area contributed by atoms with Gasteiger partial charge in [0.15, 0.2) is 0 Å². The van der Waals surface area contributed by atoms with Gasteiger partial charge in [-0.1, -0.05) is 5.57 Å². The lowest BCUT2D eigenvalue weighted by molar-refractivity contribution is 0.556. The zero-order valence-electron chi connectivity index (χ0n) is 7.42. The first kappa shape index (κ1) is 9.07. The molecule has 1 rings (SSSR count). The van der Waals surface area contributed by atoms with E-state index < -0.39 is 0 Å². The Morgan fingerprint density at radius 3 is 3.08 bits per heavy atom. The molecule has 12 heavy (non-hydrogen) atoms. The van der Waals surface area contributed by atoms with Crippen LogP contribution in [-0.2, 0) is 0 Å². The summed E-state index contributed by atoms with van der Waals surface area (Å²) in [6.45, 7) is 2.85. The van der Waals surface area contributed by atoms with Crippen molar-refractivity contribution >= 4 is 6.08 Å². The highest BCUT2D eigenvalue weighted by molar-refractivity contribution is 5.46. The van der Waals surface area contributed by atoms with Crippen LogP contribution >= 0.6 is 0 Å². The lowest BCUT2D eigenvalue weighted by Crippen LogP contribution is -1.97. The van der Waals surface area contributed by atoms with E-state index in [1.54, 1.807) is 6.26 Å². The maximum absolute atomic E-state index is 5.40. The summed E-state index contributed by atoms with van der Waals surface area (Å²) in [5.41, 5.74) is 6.71. The van der Waals surface area contributed by atoms with Gasteiger partial charge in [-0.25, -0.2) is 0 Å². The van der Waals surface area contributed by atoms with Crippen LogP contribution in [0.5, 0.6) is 0 Å². The lowest BCUT2D eigenvalue weighted by Gasteiger charge is -1.96. The molecule has 0 amide bonds. The van der Waals surface area contributed by atoms with Crippen molar-refractivity contribution in [2.75, 3.05) is 6.54 Å². The van der Waals surface area contributed by atoms with Crippen molar-refractivity contribution < 1.29 is 4.42 Å². The van der Waals surface area contributed by atoms with Gasteiger partial charge in [0.1, 0.15) is 5.76 Å². The van der Waals surface area contributed by atoms with Crippen molar-refractivity contribution in [3.8, 4) is 0 Å². The molecule has 0 saturated carbocycles. The van der Waals surface area contributed by atoms with Crippen molar-refractivity contribution in [1.82, 2.24) is 0 Å². The van der Waals surface area contributed by atoms with E-state index in [0.717, 1.165) is 25.1 Å². The van der Waals surface area contributed by atoms with Crippen LogP contribution in [0, 0.1) is 0 Å². The molecule has 0 aromatic carbocycles.